The van der Waals surface area contributed by atoms with Gasteiger partial charge in [0.15, 0.2) is 11.5 Å². The van der Waals surface area contributed by atoms with Crippen LogP contribution in [0.5, 0.6) is 11.5 Å². The summed E-state index contributed by atoms with van der Waals surface area (Å²) in [7, 11) is 0. The second-order valence-corrected chi connectivity index (χ2v) is 16.1. The first-order valence-corrected chi connectivity index (χ1v) is 19.1. The van der Waals surface area contributed by atoms with E-state index in [0.717, 1.165) is 36.3 Å². The van der Waals surface area contributed by atoms with Crippen LogP contribution in [0.4, 0.5) is 18.9 Å². The van der Waals surface area contributed by atoms with Crippen molar-refractivity contribution < 1.29 is 47.4 Å². The van der Waals surface area contributed by atoms with Crippen molar-refractivity contribution in [1.82, 2.24) is 10.2 Å². The number of carbonyl (C=O) groups is 2. The van der Waals surface area contributed by atoms with Gasteiger partial charge in [0.05, 0.1) is 29.0 Å². The van der Waals surface area contributed by atoms with Crippen LogP contribution in [0.3, 0.4) is 0 Å². The van der Waals surface area contributed by atoms with Gasteiger partial charge < -0.3 is 29.9 Å². The summed E-state index contributed by atoms with van der Waals surface area (Å²) in [6.45, 7) is 13.9. The Kier molecular flexibility index (Phi) is 12.0. The Labute approximate surface area is 325 Å². The third-order valence-electron chi connectivity index (χ3n) is 12.1. The Hall–Kier alpha value is -4.85. The van der Waals surface area contributed by atoms with Crippen molar-refractivity contribution in [1.29, 1.82) is 0 Å². The predicted molar refractivity (Wildman–Crippen MR) is 204 cm³/mol. The molecule has 304 valence electrons. The first-order chi connectivity index (χ1) is 26.2. The number of hydrogen-bond acceptors (Lipinski definition) is 8. The van der Waals surface area contributed by atoms with Gasteiger partial charge in [-0.2, -0.15) is 13.2 Å². The van der Waals surface area contributed by atoms with Gasteiger partial charge in [-0.15, -0.1) is 0 Å². The molecule has 5 rings (SSSR count). The third kappa shape index (κ3) is 7.89. The number of alkyl halides is 3. The van der Waals surface area contributed by atoms with E-state index < -0.39 is 70.2 Å². The zero-order valence-electron chi connectivity index (χ0n) is 32.9. The van der Waals surface area contributed by atoms with Crippen LogP contribution in [0, 0.1) is 33.3 Å². The van der Waals surface area contributed by atoms with Crippen LogP contribution in [0.15, 0.2) is 72.2 Å². The molecule has 5 atom stereocenters. The van der Waals surface area contributed by atoms with Crippen LogP contribution >= 0.6 is 0 Å². The Morgan fingerprint density at radius 2 is 1.68 bits per heavy atom. The Morgan fingerprint density at radius 3 is 2.30 bits per heavy atom. The summed E-state index contributed by atoms with van der Waals surface area (Å²) in [6.07, 6.45) is 2.40. The predicted octanol–water partition coefficient (Wildman–Crippen LogP) is 7.96. The number of carbonyl (C=O) groups excluding carboxylic acids is 2. The van der Waals surface area contributed by atoms with Gasteiger partial charge in [0.1, 0.15) is 11.5 Å². The molecule has 1 saturated carbocycles. The number of amides is 2. The summed E-state index contributed by atoms with van der Waals surface area (Å²) in [4.78, 5) is 37.6. The maximum absolute atomic E-state index is 14.1. The highest BCUT2D eigenvalue weighted by Gasteiger charge is 2.67. The van der Waals surface area contributed by atoms with E-state index in [4.69, 9.17) is 9.47 Å². The van der Waals surface area contributed by atoms with E-state index in [9.17, 15) is 43.1 Å². The molecule has 5 unspecified atom stereocenters. The number of nitro benzene ring substituents is 1. The SMILES string of the molecule is CCN(Cc1cc([N+](=O)[O-])ccc1OC1=C(O)C=CC2C(O)C3C=CC12C3C(=O)NCCCOc1ccc(C(C)(C)CC)cc1C(C)(C)CC)C(=O)C(F)(F)F. The molecule has 2 bridgehead atoms. The highest BCUT2D eigenvalue weighted by atomic mass is 19.4. The lowest BCUT2D eigenvalue weighted by atomic mass is 9.68. The normalized spacial score (nSPS) is 22.9. The fraction of sp³-hybridized carbons (Fsp3) is 0.524. The van der Waals surface area contributed by atoms with Gasteiger partial charge >= 0.3 is 12.1 Å². The molecule has 2 aromatic rings. The maximum Gasteiger partial charge on any atom is 0.471 e. The molecule has 2 amide bonds. The number of ether oxygens (including phenoxy) is 2. The standard InChI is InChI=1S/C42H52F3N3O8/c1-8-39(4,5)26-12-16-33(30(23-26)40(6,7)9-2)55-21-11-20-46-37(51)34-28-18-19-41(34)29(35(28)50)14-15-31(49)36(41)56-32-17-13-27(48(53)54)22-25(32)24-47(10-3)38(52)42(43,44)45/h12-19,22-23,28-29,34-35,49-50H,8-11,20-21,24H2,1-7H3,(H,46,51). The summed E-state index contributed by atoms with van der Waals surface area (Å²) in [5.74, 6) is -4.80. The lowest BCUT2D eigenvalue weighted by Gasteiger charge is -2.39. The van der Waals surface area contributed by atoms with Crippen molar-refractivity contribution in [3.8, 4) is 11.5 Å². The highest BCUT2D eigenvalue weighted by molar-refractivity contribution is 5.83. The van der Waals surface area contributed by atoms with Crippen LogP contribution in [-0.4, -0.2) is 63.8 Å². The van der Waals surface area contributed by atoms with Gasteiger partial charge in [-0.25, -0.2) is 0 Å². The van der Waals surface area contributed by atoms with E-state index in [1.165, 1.54) is 24.6 Å². The summed E-state index contributed by atoms with van der Waals surface area (Å²) in [5.41, 5.74) is 0.239. The van der Waals surface area contributed by atoms with Gasteiger partial charge in [0.2, 0.25) is 5.91 Å². The van der Waals surface area contributed by atoms with E-state index >= 15 is 0 Å². The minimum Gasteiger partial charge on any atom is -0.504 e. The number of hydrogen-bond donors (Lipinski definition) is 3. The van der Waals surface area contributed by atoms with Crippen molar-refractivity contribution in [2.75, 3.05) is 19.7 Å². The molecular formula is C42H52F3N3O8. The van der Waals surface area contributed by atoms with Crippen molar-refractivity contribution in [3.05, 3.63) is 99.0 Å². The zero-order chi connectivity index (χ0) is 41.4. The Morgan fingerprint density at radius 1 is 1.00 bits per heavy atom. The number of aliphatic hydroxyl groups is 2. The second kappa shape index (κ2) is 16.0. The van der Waals surface area contributed by atoms with Crippen molar-refractivity contribution >= 4 is 17.5 Å². The van der Waals surface area contributed by atoms with Crippen molar-refractivity contribution in [2.24, 2.45) is 23.2 Å². The third-order valence-corrected chi connectivity index (χ3v) is 12.1. The molecule has 0 heterocycles. The van der Waals surface area contributed by atoms with Crippen molar-refractivity contribution in [2.45, 2.75) is 97.4 Å². The molecule has 14 heteroatoms. The number of nitrogens with zero attached hydrogens (tertiary/aromatic N) is 2. The largest absolute Gasteiger partial charge is 0.504 e. The first-order valence-electron chi connectivity index (χ1n) is 19.1. The molecule has 56 heavy (non-hydrogen) atoms. The van der Waals surface area contributed by atoms with Crippen LogP contribution in [0.1, 0.15) is 84.4 Å². The molecule has 0 aromatic heterocycles. The first kappa shape index (κ1) is 42.3. The van der Waals surface area contributed by atoms with Crippen LogP contribution in [0.2, 0.25) is 0 Å². The molecule has 3 aliphatic carbocycles. The van der Waals surface area contributed by atoms with Gasteiger partial charge in [0, 0.05) is 54.7 Å². The van der Waals surface area contributed by atoms with E-state index in [1.807, 2.05) is 6.07 Å². The maximum atomic E-state index is 14.1. The quantitative estimate of drug-likeness (QED) is 0.0672. The molecule has 0 radical (unpaired) electrons. The van der Waals surface area contributed by atoms with E-state index in [2.05, 4.69) is 59.0 Å². The number of benzene rings is 2. The molecule has 11 nitrogen and oxygen atoms in total. The lowest BCUT2D eigenvalue weighted by molar-refractivity contribution is -0.385. The Balaban J connectivity index is 1.35. The number of fused-ring (bicyclic) bond motifs is 1. The number of halogens is 3. The minimum atomic E-state index is -5.19. The molecule has 1 fully saturated rings. The smallest absolute Gasteiger partial charge is 0.471 e. The molecule has 2 aromatic carbocycles. The fourth-order valence-electron chi connectivity index (χ4n) is 7.92. The van der Waals surface area contributed by atoms with Crippen LogP contribution in [0.25, 0.3) is 0 Å². The monoisotopic (exact) mass is 783 g/mol. The average Bonchev–Trinajstić information content (AvgIpc) is 3.65. The molecule has 0 saturated heterocycles. The summed E-state index contributed by atoms with van der Waals surface area (Å²) >= 11 is 0. The van der Waals surface area contributed by atoms with E-state index in [0.29, 0.717) is 17.9 Å². The van der Waals surface area contributed by atoms with Crippen LogP contribution in [-0.2, 0) is 27.0 Å². The molecular weight excluding hydrogens is 731 g/mol. The summed E-state index contributed by atoms with van der Waals surface area (Å²) in [6, 6.07) is 9.61. The number of allylic oxidation sites excluding steroid dienone is 2. The number of non-ortho nitro benzene ring substituents is 1. The molecule has 3 aliphatic rings. The van der Waals surface area contributed by atoms with Gasteiger partial charge in [0.25, 0.3) is 5.69 Å². The van der Waals surface area contributed by atoms with Gasteiger partial charge in [-0.1, -0.05) is 71.9 Å². The lowest BCUT2D eigenvalue weighted by Crippen LogP contribution is -2.44. The minimum absolute atomic E-state index is 0.00439. The van der Waals surface area contributed by atoms with Crippen LogP contribution < -0.4 is 14.8 Å². The summed E-state index contributed by atoms with van der Waals surface area (Å²) in [5, 5.41) is 37.2. The molecule has 1 spiro atoms. The zero-order valence-corrected chi connectivity index (χ0v) is 32.9. The highest BCUT2D eigenvalue weighted by Crippen LogP contribution is 2.63. The second-order valence-electron chi connectivity index (χ2n) is 16.1. The van der Waals surface area contributed by atoms with E-state index in [-0.39, 0.29) is 41.0 Å². The van der Waals surface area contributed by atoms with Gasteiger partial charge in [-0.05, 0) is 60.8 Å². The Bertz CT molecular complexity index is 1940. The van der Waals surface area contributed by atoms with E-state index in [1.54, 1.807) is 18.2 Å². The molecule has 3 N–H and O–H groups in total. The fourth-order valence-corrected chi connectivity index (χ4v) is 7.92. The average molecular weight is 784 g/mol. The number of nitro groups is 1. The van der Waals surface area contributed by atoms with Gasteiger partial charge in [-0.3, -0.25) is 19.7 Å². The number of rotatable bonds is 16. The molecule has 0 aliphatic heterocycles. The summed E-state index contributed by atoms with van der Waals surface area (Å²) < 4.78 is 52.8. The number of nitrogens with one attached hydrogen (secondary N) is 1. The number of aliphatic hydroxyl groups excluding tert-OH is 2. The van der Waals surface area contributed by atoms with Crippen molar-refractivity contribution in [3.63, 3.8) is 0 Å². The topological polar surface area (TPSA) is 151 Å².